The number of methoxy groups -OCH3 is 1. The lowest BCUT2D eigenvalue weighted by Gasteiger charge is -2.17. The Labute approximate surface area is 138 Å². The zero-order valence-corrected chi connectivity index (χ0v) is 14.2. The van der Waals surface area contributed by atoms with E-state index in [1.54, 1.807) is 19.2 Å². The largest absolute Gasteiger partial charge is 0.504 e. The van der Waals surface area contributed by atoms with Gasteiger partial charge < -0.3 is 19.9 Å². The molecule has 0 aliphatic carbocycles. The average molecular weight is 315 g/mol. The number of phenols is 1. The van der Waals surface area contributed by atoms with Crippen LogP contribution in [0.5, 0.6) is 17.2 Å². The van der Waals surface area contributed by atoms with Crippen LogP contribution >= 0.6 is 0 Å². The summed E-state index contributed by atoms with van der Waals surface area (Å²) in [6.45, 7) is 6.81. The summed E-state index contributed by atoms with van der Waals surface area (Å²) in [6, 6.07) is 13.7. The Kier molecular flexibility index (Phi) is 5.88. The summed E-state index contributed by atoms with van der Waals surface area (Å²) >= 11 is 0. The number of hydrogen-bond acceptors (Lipinski definition) is 4. The summed E-state index contributed by atoms with van der Waals surface area (Å²) in [4.78, 5) is 0. The molecule has 0 saturated carbocycles. The molecule has 0 radical (unpaired) electrons. The maximum Gasteiger partial charge on any atom is 0.160 e. The van der Waals surface area contributed by atoms with Gasteiger partial charge in [-0.05, 0) is 56.2 Å². The average Bonchev–Trinajstić information content (AvgIpc) is 2.52. The lowest BCUT2D eigenvalue weighted by Crippen LogP contribution is -2.18. The van der Waals surface area contributed by atoms with Gasteiger partial charge in [-0.2, -0.15) is 0 Å². The van der Waals surface area contributed by atoms with Crippen molar-refractivity contribution in [3.63, 3.8) is 0 Å². The molecule has 2 N–H and O–H groups in total. The van der Waals surface area contributed by atoms with Crippen LogP contribution in [0.4, 0.5) is 0 Å². The van der Waals surface area contributed by atoms with E-state index in [1.165, 1.54) is 5.56 Å². The van der Waals surface area contributed by atoms with Gasteiger partial charge in [0, 0.05) is 12.6 Å². The summed E-state index contributed by atoms with van der Waals surface area (Å²) in [5.41, 5.74) is 2.17. The van der Waals surface area contributed by atoms with E-state index < -0.39 is 0 Å². The van der Waals surface area contributed by atoms with E-state index in [1.807, 2.05) is 32.0 Å². The number of aromatic hydroxyl groups is 1. The first-order chi connectivity index (χ1) is 11.0. The van der Waals surface area contributed by atoms with Crippen molar-refractivity contribution in [2.75, 3.05) is 7.11 Å². The maximum atomic E-state index is 9.82. The van der Waals surface area contributed by atoms with Crippen molar-refractivity contribution in [3.05, 3.63) is 53.6 Å². The number of ether oxygens (including phenoxy) is 2. The molecule has 0 heterocycles. The molecule has 23 heavy (non-hydrogen) atoms. The summed E-state index contributed by atoms with van der Waals surface area (Å²) < 4.78 is 10.8. The van der Waals surface area contributed by atoms with Crippen LogP contribution in [-0.2, 0) is 6.54 Å². The van der Waals surface area contributed by atoms with E-state index in [0.717, 1.165) is 11.3 Å². The van der Waals surface area contributed by atoms with Crippen molar-refractivity contribution in [3.8, 4) is 17.2 Å². The van der Waals surface area contributed by atoms with Gasteiger partial charge in [0.1, 0.15) is 5.75 Å². The Morgan fingerprint density at radius 3 is 2.52 bits per heavy atom. The lowest BCUT2D eigenvalue weighted by molar-refractivity contribution is 0.242. The van der Waals surface area contributed by atoms with Crippen molar-refractivity contribution >= 4 is 0 Å². The van der Waals surface area contributed by atoms with Crippen LogP contribution in [0.25, 0.3) is 0 Å². The summed E-state index contributed by atoms with van der Waals surface area (Å²) in [6.07, 6.45) is 0.163. The van der Waals surface area contributed by atoms with Crippen molar-refractivity contribution in [1.29, 1.82) is 0 Å². The number of nitrogens with one attached hydrogen (secondary N) is 1. The molecule has 1 unspecified atom stereocenters. The van der Waals surface area contributed by atoms with Crippen LogP contribution in [0.1, 0.15) is 37.9 Å². The smallest absolute Gasteiger partial charge is 0.160 e. The van der Waals surface area contributed by atoms with E-state index in [9.17, 15) is 5.11 Å². The predicted molar refractivity (Wildman–Crippen MR) is 92.1 cm³/mol. The van der Waals surface area contributed by atoms with E-state index >= 15 is 0 Å². The highest BCUT2D eigenvalue weighted by atomic mass is 16.5. The molecule has 0 amide bonds. The second kappa shape index (κ2) is 7.88. The highest BCUT2D eigenvalue weighted by molar-refractivity contribution is 5.41. The predicted octanol–water partition coefficient (Wildman–Crippen LogP) is 4.04. The van der Waals surface area contributed by atoms with Crippen LogP contribution in [0.15, 0.2) is 42.5 Å². The summed E-state index contributed by atoms with van der Waals surface area (Å²) in [7, 11) is 1.54. The number of phenolic OH excluding ortho intramolecular Hbond substituents is 1. The third-order valence-corrected chi connectivity index (χ3v) is 3.59. The Morgan fingerprint density at radius 2 is 1.87 bits per heavy atom. The van der Waals surface area contributed by atoms with Crippen molar-refractivity contribution in [2.24, 2.45) is 0 Å². The molecule has 1 atom stereocenters. The van der Waals surface area contributed by atoms with Gasteiger partial charge in [0.2, 0.25) is 0 Å². The van der Waals surface area contributed by atoms with Crippen molar-refractivity contribution in [2.45, 2.75) is 39.5 Å². The molecule has 0 aliphatic heterocycles. The fraction of sp³-hybridized carbons (Fsp3) is 0.368. The molecule has 0 bridgehead atoms. The quantitative estimate of drug-likeness (QED) is 0.809. The number of rotatable bonds is 7. The van der Waals surface area contributed by atoms with E-state index in [0.29, 0.717) is 12.3 Å². The van der Waals surface area contributed by atoms with Gasteiger partial charge in [-0.25, -0.2) is 0 Å². The fourth-order valence-electron chi connectivity index (χ4n) is 2.36. The lowest BCUT2D eigenvalue weighted by atomic mass is 10.1. The molecule has 124 valence electrons. The van der Waals surface area contributed by atoms with Gasteiger partial charge in [0.15, 0.2) is 11.5 Å². The Balaban J connectivity index is 1.99. The van der Waals surface area contributed by atoms with Gasteiger partial charge in [-0.15, -0.1) is 0 Å². The molecule has 0 fully saturated rings. The van der Waals surface area contributed by atoms with Gasteiger partial charge in [0.25, 0.3) is 0 Å². The molecular formula is C19H25NO3. The minimum absolute atomic E-state index is 0.159. The normalized spacial score (nSPS) is 12.2. The molecular weight excluding hydrogens is 290 g/mol. The number of benzene rings is 2. The van der Waals surface area contributed by atoms with E-state index in [-0.39, 0.29) is 17.9 Å². The zero-order chi connectivity index (χ0) is 16.8. The second-order valence-corrected chi connectivity index (χ2v) is 5.85. The topological polar surface area (TPSA) is 50.7 Å². The molecule has 2 rings (SSSR count). The fourth-order valence-corrected chi connectivity index (χ4v) is 2.36. The highest BCUT2D eigenvalue weighted by Crippen LogP contribution is 2.26. The molecule has 0 saturated heterocycles. The highest BCUT2D eigenvalue weighted by Gasteiger charge is 2.08. The van der Waals surface area contributed by atoms with Crippen molar-refractivity contribution in [1.82, 2.24) is 5.32 Å². The third kappa shape index (κ3) is 4.89. The van der Waals surface area contributed by atoms with Crippen LogP contribution in [0.2, 0.25) is 0 Å². The SMILES string of the molecule is COc1ccc(CNC(C)c2cccc(OC(C)C)c2)cc1O. The standard InChI is InChI=1S/C19H25NO3/c1-13(2)23-17-7-5-6-16(11-17)14(3)20-12-15-8-9-19(22-4)18(21)10-15/h5-11,13-14,20-21H,12H2,1-4H3. The summed E-state index contributed by atoms with van der Waals surface area (Å²) in [5.74, 6) is 1.53. The first kappa shape index (κ1) is 17.2. The second-order valence-electron chi connectivity index (χ2n) is 5.85. The van der Waals surface area contributed by atoms with Crippen LogP contribution in [0.3, 0.4) is 0 Å². The number of hydrogen-bond donors (Lipinski definition) is 2. The molecule has 2 aromatic carbocycles. The molecule has 4 heteroatoms. The van der Waals surface area contributed by atoms with E-state index in [2.05, 4.69) is 24.4 Å². The molecule has 2 aromatic rings. The van der Waals surface area contributed by atoms with Gasteiger partial charge in [0.05, 0.1) is 13.2 Å². The molecule has 4 nitrogen and oxygen atoms in total. The Bertz CT molecular complexity index is 640. The zero-order valence-electron chi connectivity index (χ0n) is 14.2. The Morgan fingerprint density at radius 1 is 1.09 bits per heavy atom. The Hall–Kier alpha value is -2.20. The first-order valence-electron chi connectivity index (χ1n) is 7.85. The van der Waals surface area contributed by atoms with Gasteiger partial charge >= 0.3 is 0 Å². The van der Waals surface area contributed by atoms with E-state index in [4.69, 9.17) is 9.47 Å². The maximum absolute atomic E-state index is 9.82. The molecule has 0 aromatic heterocycles. The minimum Gasteiger partial charge on any atom is -0.504 e. The van der Waals surface area contributed by atoms with Crippen molar-refractivity contribution < 1.29 is 14.6 Å². The van der Waals surface area contributed by atoms with Gasteiger partial charge in [-0.1, -0.05) is 18.2 Å². The van der Waals surface area contributed by atoms with Crippen LogP contribution in [-0.4, -0.2) is 18.3 Å². The summed E-state index contributed by atoms with van der Waals surface area (Å²) in [5, 5.41) is 13.3. The monoisotopic (exact) mass is 315 g/mol. The van der Waals surface area contributed by atoms with Crippen LogP contribution in [0, 0.1) is 0 Å². The first-order valence-corrected chi connectivity index (χ1v) is 7.85. The molecule has 0 spiro atoms. The minimum atomic E-state index is 0.159. The van der Waals surface area contributed by atoms with Gasteiger partial charge in [-0.3, -0.25) is 0 Å². The third-order valence-electron chi connectivity index (χ3n) is 3.59. The molecule has 0 aliphatic rings. The van der Waals surface area contributed by atoms with Crippen LogP contribution < -0.4 is 14.8 Å².